The number of ether oxygens (including phenoxy) is 1. The first-order valence-corrected chi connectivity index (χ1v) is 10.8. The first kappa shape index (κ1) is 20.5. The molecule has 3 rings (SSSR count). The minimum atomic E-state index is -3.53. The van der Waals surface area contributed by atoms with E-state index in [1.807, 2.05) is 6.92 Å². The molecular weight excluding hydrogens is 380 g/mol. The van der Waals surface area contributed by atoms with Gasteiger partial charge in [-0.05, 0) is 64.3 Å². The summed E-state index contributed by atoms with van der Waals surface area (Å²) in [5.74, 6) is 0.771. The molecule has 1 aromatic carbocycles. The summed E-state index contributed by atoms with van der Waals surface area (Å²) in [6.45, 7) is 5.39. The second-order valence-electron chi connectivity index (χ2n) is 7.26. The van der Waals surface area contributed by atoms with Crippen molar-refractivity contribution >= 4 is 21.7 Å². The number of anilines is 2. The van der Waals surface area contributed by atoms with Gasteiger partial charge in [0.2, 0.25) is 21.9 Å². The van der Waals surface area contributed by atoms with E-state index >= 15 is 0 Å². The number of aliphatic hydroxyl groups excluding tert-OH is 1. The highest BCUT2D eigenvalue weighted by molar-refractivity contribution is 7.89. The van der Waals surface area contributed by atoms with Crippen molar-refractivity contribution < 1.29 is 18.3 Å². The number of hydrogen-bond acceptors (Lipinski definition) is 7. The number of aliphatic hydroxyl groups is 1. The Morgan fingerprint density at radius 2 is 1.93 bits per heavy atom. The Morgan fingerprint density at radius 3 is 2.54 bits per heavy atom. The van der Waals surface area contributed by atoms with Crippen molar-refractivity contribution in [1.29, 1.82) is 0 Å². The largest absolute Gasteiger partial charge is 0.471 e. The van der Waals surface area contributed by atoms with Crippen molar-refractivity contribution in [3.63, 3.8) is 0 Å². The van der Waals surface area contributed by atoms with E-state index in [1.165, 1.54) is 12.1 Å². The zero-order valence-corrected chi connectivity index (χ0v) is 17.0. The van der Waals surface area contributed by atoms with Crippen LogP contribution in [0.25, 0.3) is 0 Å². The molecule has 1 heterocycles. The molecule has 0 aliphatic heterocycles. The van der Waals surface area contributed by atoms with Crippen LogP contribution in [0.1, 0.15) is 38.7 Å². The first-order valence-electron chi connectivity index (χ1n) is 9.32. The smallest absolute Gasteiger partial charge is 0.240 e. The van der Waals surface area contributed by atoms with E-state index in [0.717, 1.165) is 24.8 Å². The maximum absolute atomic E-state index is 12.2. The third kappa shape index (κ3) is 4.98. The molecule has 0 spiro atoms. The van der Waals surface area contributed by atoms with Gasteiger partial charge in [0.1, 0.15) is 6.10 Å². The Morgan fingerprint density at radius 1 is 1.21 bits per heavy atom. The van der Waals surface area contributed by atoms with Crippen LogP contribution in [0.5, 0.6) is 5.88 Å². The number of aromatic nitrogens is 2. The number of nitrogens with zero attached hydrogens (tertiary/aromatic N) is 2. The molecule has 0 saturated heterocycles. The normalized spacial score (nSPS) is 19.8. The van der Waals surface area contributed by atoms with Crippen molar-refractivity contribution in [2.45, 2.75) is 63.2 Å². The molecule has 28 heavy (non-hydrogen) atoms. The number of benzene rings is 1. The van der Waals surface area contributed by atoms with Crippen LogP contribution < -0.4 is 14.8 Å². The van der Waals surface area contributed by atoms with Crippen LogP contribution in [0.2, 0.25) is 0 Å². The lowest BCUT2D eigenvalue weighted by atomic mass is 10.2. The highest BCUT2D eigenvalue weighted by Crippen LogP contribution is 2.26. The lowest BCUT2D eigenvalue weighted by Gasteiger charge is -2.18. The molecule has 0 amide bonds. The summed E-state index contributed by atoms with van der Waals surface area (Å²) in [6.07, 6.45) is 3.40. The average Bonchev–Trinajstić information content (AvgIpc) is 3.02. The molecule has 2 atom stereocenters. The van der Waals surface area contributed by atoms with E-state index in [0.29, 0.717) is 17.5 Å². The third-order valence-electron chi connectivity index (χ3n) is 4.42. The maximum Gasteiger partial charge on any atom is 0.240 e. The van der Waals surface area contributed by atoms with Crippen molar-refractivity contribution in [3.05, 3.63) is 36.0 Å². The summed E-state index contributed by atoms with van der Waals surface area (Å²) in [5, 5.41) is 13.0. The molecule has 2 aromatic rings. The van der Waals surface area contributed by atoms with Gasteiger partial charge < -0.3 is 15.2 Å². The van der Waals surface area contributed by atoms with Gasteiger partial charge in [0.05, 0.1) is 11.0 Å². The summed E-state index contributed by atoms with van der Waals surface area (Å²) in [6, 6.07) is 6.17. The summed E-state index contributed by atoms with van der Waals surface area (Å²) in [5.41, 5.74) is 1.44. The first-order chi connectivity index (χ1) is 13.2. The molecule has 1 fully saturated rings. The van der Waals surface area contributed by atoms with E-state index in [9.17, 15) is 13.5 Å². The predicted octanol–water partition coefficient (Wildman–Crippen LogP) is 2.51. The Kier molecular flexibility index (Phi) is 6.17. The molecule has 1 aliphatic carbocycles. The van der Waals surface area contributed by atoms with Crippen LogP contribution in [-0.4, -0.2) is 41.7 Å². The van der Waals surface area contributed by atoms with Crippen LogP contribution in [-0.2, 0) is 10.0 Å². The number of rotatable bonds is 7. The van der Waals surface area contributed by atoms with Crippen LogP contribution in [0.3, 0.4) is 0 Å². The molecule has 9 heteroatoms. The van der Waals surface area contributed by atoms with Gasteiger partial charge in [0.25, 0.3) is 0 Å². The standard InChI is InChI=1S/C19H26N4O4S/c1-12(2)23-28(25,26)15-9-7-14(8-10-15)21-19-20-11-13(3)18(22-19)27-17-6-4-5-16(17)24/h7-12,16-17,23-24H,4-6H2,1-3H3,(H,20,21,22)/t16-,17+/m1/s1. The van der Waals surface area contributed by atoms with Gasteiger partial charge >= 0.3 is 0 Å². The molecule has 0 bridgehead atoms. The number of sulfonamides is 1. The fourth-order valence-electron chi connectivity index (χ4n) is 3.02. The molecule has 3 N–H and O–H groups in total. The molecule has 1 aliphatic rings. The van der Waals surface area contributed by atoms with Gasteiger partial charge in [-0.25, -0.2) is 18.1 Å². The second kappa shape index (κ2) is 8.42. The number of nitrogens with one attached hydrogen (secondary N) is 2. The van der Waals surface area contributed by atoms with Gasteiger partial charge in [0, 0.05) is 23.5 Å². The monoisotopic (exact) mass is 406 g/mol. The summed E-state index contributed by atoms with van der Waals surface area (Å²) < 4.78 is 32.8. The van der Waals surface area contributed by atoms with Crippen LogP contribution in [0.15, 0.2) is 35.4 Å². The highest BCUT2D eigenvalue weighted by Gasteiger charge is 2.28. The molecule has 0 unspecified atom stereocenters. The molecular formula is C19H26N4O4S. The molecule has 1 saturated carbocycles. The Bertz CT molecular complexity index is 916. The highest BCUT2D eigenvalue weighted by atomic mass is 32.2. The Hall–Kier alpha value is -2.23. The van der Waals surface area contributed by atoms with E-state index in [-0.39, 0.29) is 17.0 Å². The minimum absolute atomic E-state index is 0.180. The van der Waals surface area contributed by atoms with Gasteiger partial charge in [-0.15, -0.1) is 0 Å². The lowest BCUT2D eigenvalue weighted by Crippen LogP contribution is -2.30. The van der Waals surface area contributed by atoms with Crippen LogP contribution >= 0.6 is 0 Å². The fraction of sp³-hybridized carbons (Fsp3) is 0.474. The zero-order chi connectivity index (χ0) is 20.3. The number of aryl methyl sites for hydroxylation is 1. The Balaban J connectivity index is 1.72. The van der Waals surface area contributed by atoms with Gasteiger partial charge in [-0.1, -0.05) is 0 Å². The van der Waals surface area contributed by atoms with E-state index in [1.54, 1.807) is 32.2 Å². The molecule has 0 radical (unpaired) electrons. The maximum atomic E-state index is 12.2. The van der Waals surface area contributed by atoms with Gasteiger partial charge in [0.15, 0.2) is 0 Å². The summed E-state index contributed by atoms with van der Waals surface area (Å²) in [7, 11) is -3.53. The van der Waals surface area contributed by atoms with Gasteiger partial charge in [-0.2, -0.15) is 4.98 Å². The topological polar surface area (TPSA) is 113 Å². The van der Waals surface area contributed by atoms with Crippen molar-refractivity contribution in [3.8, 4) is 5.88 Å². The van der Waals surface area contributed by atoms with Crippen molar-refractivity contribution in [2.75, 3.05) is 5.32 Å². The minimum Gasteiger partial charge on any atom is -0.471 e. The molecule has 8 nitrogen and oxygen atoms in total. The zero-order valence-electron chi connectivity index (χ0n) is 16.2. The summed E-state index contributed by atoms with van der Waals surface area (Å²) in [4.78, 5) is 8.82. The third-order valence-corrected chi connectivity index (χ3v) is 6.09. The fourth-order valence-corrected chi connectivity index (χ4v) is 4.27. The molecule has 1 aromatic heterocycles. The van der Waals surface area contributed by atoms with Crippen LogP contribution in [0, 0.1) is 6.92 Å². The summed E-state index contributed by atoms with van der Waals surface area (Å²) >= 11 is 0. The lowest BCUT2D eigenvalue weighted by molar-refractivity contribution is 0.0569. The SMILES string of the molecule is Cc1cnc(Nc2ccc(S(=O)(=O)NC(C)C)cc2)nc1O[C@H]1CCC[C@H]1O. The van der Waals surface area contributed by atoms with Crippen molar-refractivity contribution in [2.24, 2.45) is 0 Å². The van der Waals surface area contributed by atoms with E-state index < -0.39 is 16.1 Å². The number of hydrogen-bond donors (Lipinski definition) is 3. The van der Waals surface area contributed by atoms with Gasteiger partial charge in [-0.3, -0.25) is 0 Å². The second-order valence-corrected chi connectivity index (χ2v) is 8.98. The van der Waals surface area contributed by atoms with Crippen LogP contribution in [0.4, 0.5) is 11.6 Å². The quantitative estimate of drug-likeness (QED) is 0.647. The van der Waals surface area contributed by atoms with E-state index in [4.69, 9.17) is 4.74 Å². The van der Waals surface area contributed by atoms with E-state index in [2.05, 4.69) is 20.0 Å². The average molecular weight is 407 g/mol. The van der Waals surface area contributed by atoms with Crippen molar-refractivity contribution in [1.82, 2.24) is 14.7 Å². The predicted molar refractivity (Wildman–Crippen MR) is 106 cm³/mol. The molecule has 152 valence electrons. The Labute approximate surface area is 165 Å².